The summed E-state index contributed by atoms with van der Waals surface area (Å²) in [5.41, 5.74) is 2.43. The van der Waals surface area contributed by atoms with Crippen molar-refractivity contribution in [3.05, 3.63) is 47.8 Å². The zero-order chi connectivity index (χ0) is 16.4. The van der Waals surface area contributed by atoms with E-state index in [0.29, 0.717) is 12.1 Å². The van der Waals surface area contributed by atoms with E-state index in [1.54, 1.807) is 23.0 Å². The van der Waals surface area contributed by atoms with Crippen molar-refractivity contribution in [2.24, 2.45) is 0 Å². The molecule has 1 amide bonds. The molecule has 120 valence electrons. The van der Waals surface area contributed by atoms with E-state index in [1.807, 2.05) is 25.3 Å². The number of aryl methyl sites for hydroxylation is 1. The van der Waals surface area contributed by atoms with Crippen molar-refractivity contribution in [2.45, 2.75) is 13.0 Å². The summed E-state index contributed by atoms with van der Waals surface area (Å²) < 4.78 is 6.86. The van der Waals surface area contributed by atoms with Crippen molar-refractivity contribution >= 4 is 11.9 Å². The number of aliphatic carboxylic acids is 1. The molecule has 1 aliphatic heterocycles. The van der Waals surface area contributed by atoms with Gasteiger partial charge in [0.2, 0.25) is 0 Å². The number of carboxylic acid groups (broad SMARTS) is 1. The predicted octanol–water partition coefficient (Wildman–Crippen LogP) is 1.11. The summed E-state index contributed by atoms with van der Waals surface area (Å²) in [5.74, 6) is -1.24. The van der Waals surface area contributed by atoms with Gasteiger partial charge in [0.1, 0.15) is 0 Å². The van der Waals surface area contributed by atoms with E-state index in [-0.39, 0.29) is 19.1 Å². The first-order valence-electron chi connectivity index (χ1n) is 7.30. The third-order valence-corrected chi connectivity index (χ3v) is 3.72. The molecule has 0 spiro atoms. The Hall–Kier alpha value is -2.67. The molecule has 0 radical (unpaired) electrons. The lowest BCUT2D eigenvalue weighted by Gasteiger charge is -2.30. The topological polar surface area (TPSA) is 84.7 Å². The van der Waals surface area contributed by atoms with Gasteiger partial charge in [-0.15, -0.1) is 0 Å². The highest BCUT2D eigenvalue weighted by molar-refractivity contribution is 5.94. The van der Waals surface area contributed by atoms with Crippen LogP contribution in [0.3, 0.4) is 0 Å². The Balaban J connectivity index is 1.74. The number of nitrogens with zero attached hydrogens (tertiary/aromatic N) is 3. The molecular weight excluding hydrogens is 298 g/mol. The minimum absolute atomic E-state index is 0.0638. The first-order valence-corrected chi connectivity index (χ1v) is 7.30. The summed E-state index contributed by atoms with van der Waals surface area (Å²) in [4.78, 5) is 25.0. The van der Waals surface area contributed by atoms with Gasteiger partial charge in [0.05, 0.1) is 25.0 Å². The number of ether oxygens (including phenoxy) is 1. The van der Waals surface area contributed by atoms with Crippen molar-refractivity contribution in [1.29, 1.82) is 0 Å². The molecule has 1 aliphatic rings. The highest BCUT2D eigenvalue weighted by Gasteiger charge is 2.29. The fourth-order valence-corrected chi connectivity index (χ4v) is 2.48. The Morgan fingerprint density at radius 1 is 1.30 bits per heavy atom. The van der Waals surface area contributed by atoms with Crippen LogP contribution in [-0.4, -0.2) is 57.5 Å². The second-order valence-electron chi connectivity index (χ2n) is 5.46. The molecule has 1 fully saturated rings. The van der Waals surface area contributed by atoms with Crippen molar-refractivity contribution in [3.63, 3.8) is 0 Å². The van der Waals surface area contributed by atoms with Crippen molar-refractivity contribution in [3.8, 4) is 5.69 Å². The lowest BCUT2D eigenvalue weighted by atomic mass is 10.1. The molecule has 23 heavy (non-hydrogen) atoms. The molecule has 7 heteroatoms. The van der Waals surface area contributed by atoms with Gasteiger partial charge < -0.3 is 14.7 Å². The van der Waals surface area contributed by atoms with Gasteiger partial charge in [-0.05, 0) is 36.8 Å². The number of morpholine rings is 1. The van der Waals surface area contributed by atoms with Gasteiger partial charge in [-0.25, -0.2) is 9.48 Å². The Morgan fingerprint density at radius 2 is 2.04 bits per heavy atom. The van der Waals surface area contributed by atoms with Crippen molar-refractivity contribution in [2.75, 3.05) is 19.7 Å². The average Bonchev–Trinajstić information content (AvgIpc) is 3.01. The van der Waals surface area contributed by atoms with Gasteiger partial charge in [-0.3, -0.25) is 4.79 Å². The summed E-state index contributed by atoms with van der Waals surface area (Å²) in [6.45, 7) is 2.64. The smallest absolute Gasteiger partial charge is 0.334 e. The normalized spacial score (nSPS) is 18.0. The van der Waals surface area contributed by atoms with E-state index in [0.717, 1.165) is 11.3 Å². The molecule has 3 rings (SSSR count). The summed E-state index contributed by atoms with van der Waals surface area (Å²) >= 11 is 0. The molecule has 0 unspecified atom stereocenters. The van der Waals surface area contributed by atoms with Crippen molar-refractivity contribution < 1.29 is 19.4 Å². The quantitative estimate of drug-likeness (QED) is 0.917. The van der Waals surface area contributed by atoms with Crippen LogP contribution in [0, 0.1) is 6.92 Å². The molecule has 1 N–H and O–H groups in total. The molecule has 1 atom stereocenters. The molecule has 1 aromatic carbocycles. The number of benzene rings is 1. The second kappa shape index (κ2) is 6.21. The fourth-order valence-electron chi connectivity index (χ4n) is 2.48. The van der Waals surface area contributed by atoms with E-state index in [2.05, 4.69) is 5.10 Å². The van der Waals surface area contributed by atoms with Crippen LogP contribution >= 0.6 is 0 Å². The fraction of sp³-hybridized carbons (Fsp3) is 0.312. The molecule has 2 heterocycles. The molecular formula is C16H17N3O4. The first kappa shape index (κ1) is 15.2. The van der Waals surface area contributed by atoms with Crippen LogP contribution in [0.5, 0.6) is 0 Å². The highest BCUT2D eigenvalue weighted by atomic mass is 16.5. The van der Waals surface area contributed by atoms with Gasteiger partial charge in [-0.1, -0.05) is 0 Å². The monoisotopic (exact) mass is 315 g/mol. The minimum Gasteiger partial charge on any atom is -0.479 e. The number of aromatic nitrogens is 2. The van der Waals surface area contributed by atoms with Crippen LogP contribution in [-0.2, 0) is 9.53 Å². The molecule has 0 saturated carbocycles. The average molecular weight is 315 g/mol. The van der Waals surface area contributed by atoms with Gasteiger partial charge in [-0.2, -0.15) is 5.10 Å². The Morgan fingerprint density at radius 3 is 2.65 bits per heavy atom. The molecule has 2 aromatic rings. The zero-order valence-electron chi connectivity index (χ0n) is 12.7. The van der Waals surface area contributed by atoms with Crippen LogP contribution < -0.4 is 0 Å². The lowest BCUT2D eigenvalue weighted by Crippen LogP contribution is -2.48. The van der Waals surface area contributed by atoms with Gasteiger partial charge >= 0.3 is 5.97 Å². The van der Waals surface area contributed by atoms with Crippen LogP contribution in [0.4, 0.5) is 0 Å². The van der Waals surface area contributed by atoms with E-state index in [4.69, 9.17) is 9.84 Å². The Kier molecular flexibility index (Phi) is 4.12. The number of hydrogen-bond acceptors (Lipinski definition) is 4. The highest BCUT2D eigenvalue weighted by Crippen LogP contribution is 2.14. The summed E-state index contributed by atoms with van der Waals surface area (Å²) in [6, 6.07) is 7.07. The summed E-state index contributed by atoms with van der Waals surface area (Å²) in [5, 5.41) is 13.2. The Bertz CT molecular complexity index is 723. The van der Waals surface area contributed by atoms with Crippen LogP contribution in [0.1, 0.15) is 15.9 Å². The largest absolute Gasteiger partial charge is 0.479 e. The molecule has 1 saturated heterocycles. The lowest BCUT2D eigenvalue weighted by molar-refractivity contribution is -0.154. The first-order chi connectivity index (χ1) is 11.0. The van der Waals surface area contributed by atoms with E-state index < -0.39 is 12.1 Å². The maximum atomic E-state index is 12.5. The summed E-state index contributed by atoms with van der Waals surface area (Å²) in [7, 11) is 0. The maximum Gasteiger partial charge on any atom is 0.334 e. The molecule has 7 nitrogen and oxygen atoms in total. The SMILES string of the molecule is Cc1cnn(-c2ccc(C(=O)N3CCO[C@H](C(=O)O)C3)cc2)c1. The summed E-state index contributed by atoms with van der Waals surface area (Å²) in [6.07, 6.45) is 2.70. The maximum absolute atomic E-state index is 12.5. The number of hydrogen-bond donors (Lipinski definition) is 1. The van der Waals surface area contributed by atoms with Crippen LogP contribution in [0.15, 0.2) is 36.7 Å². The predicted molar refractivity (Wildman–Crippen MR) is 81.6 cm³/mol. The number of carboxylic acids is 1. The molecule has 0 aliphatic carbocycles. The van der Waals surface area contributed by atoms with Crippen LogP contribution in [0.2, 0.25) is 0 Å². The minimum atomic E-state index is -1.05. The van der Waals surface area contributed by atoms with Gasteiger partial charge in [0.15, 0.2) is 6.10 Å². The van der Waals surface area contributed by atoms with Gasteiger partial charge in [0, 0.05) is 18.3 Å². The van der Waals surface area contributed by atoms with E-state index in [9.17, 15) is 9.59 Å². The third kappa shape index (κ3) is 3.24. The molecule has 0 bridgehead atoms. The van der Waals surface area contributed by atoms with Crippen LogP contribution in [0.25, 0.3) is 5.69 Å². The third-order valence-electron chi connectivity index (χ3n) is 3.72. The van der Waals surface area contributed by atoms with Crippen molar-refractivity contribution in [1.82, 2.24) is 14.7 Å². The zero-order valence-corrected chi connectivity index (χ0v) is 12.7. The standard InChI is InChI=1S/C16H17N3O4/c1-11-8-17-19(9-11)13-4-2-12(3-5-13)15(20)18-6-7-23-14(10-18)16(21)22/h2-5,8-9,14H,6-7,10H2,1H3,(H,21,22)/t14-/m0/s1. The number of carbonyl (C=O) groups is 2. The number of rotatable bonds is 3. The number of amides is 1. The second-order valence-corrected chi connectivity index (χ2v) is 5.46. The molecule has 1 aromatic heterocycles. The number of carbonyl (C=O) groups excluding carboxylic acids is 1. The van der Waals surface area contributed by atoms with Gasteiger partial charge in [0.25, 0.3) is 5.91 Å². The van der Waals surface area contributed by atoms with E-state index >= 15 is 0 Å². The Labute approximate surface area is 133 Å². The van der Waals surface area contributed by atoms with E-state index in [1.165, 1.54) is 4.90 Å².